The molecule has 0 unspecified atom stereocenters. The van der Waals surface area contributed by atoms with Crippen molar-refractivity contribution in [3.05, 3.63) is 0 Å². The topological polar surface area (TPSA) is 52.0 Å². The predicted molar refractivity (Wildman–Crippen MR) is 36.6 cm³/mol. The molecule has 1 saturated carbocycles. The maximum absolute atomic E-state index is 5.53. The van der Waals surface area contributed by atoms with Crippen LogP contribution >= 0.6 is 0 Å². The molecule has 2 nitrogen and oxygen atoms in total. The highest BCUT2D eigenvalue weighted by Crippen LogP contribution is 2.14. The highest BCUT2D eigenvalue weighted by atomic mass is 14.6. The Morgan fingerprint density at radius 2 is 1.50 bits per heavy atom. The maximum atomic E-state index is 5.53. The first-order chi connectivity index (χ1) is 3.89. The maximum Gasteiger partial charge on any atom is 0.00388 e. The van der Waals surface area contributed by atoms with E-state index in [-0.39, 0.29) is 0 Å². The molecule has 0 aliphatic heterocycles. The third-order valence-electron chi connectivity index (χ3n) is 1.40. The minimum atomic E-state index is 0.546. The van der Waals surface area contributed by atoms with Crippen LogP contribution in [0.2, 0.25) is 0 Å². The summed E-state index contributed by atoms with van der Waals surface area (Å²) in [6.07, 6.45) is 5.25. The lowest BCUT2D eigenvalue weighted by atomic mass is 10.3. The Balaban J connectivity index is 0.000000222. The van der Waals surface area contributed by atoms with Crippen LogP contribution in [-0.2, 0) is 0 Å². The molecule has 0 heterocycles. The molecule has 0 amide bonds. The van der Waals surface area contributed by atoms with Gasteiger partial charge < -0.3 is 11.5 Å². The van der Waals surface area contributed by atoms with Gasteiger partial charge in [0.05, 0.1) is 0 Å². The van der Waals surface area contributed by atoms with E-state index >= 15 is 0 Å². The lowest BCUT2D eigenvalue weighted by Crippen LogP contribution is -2.13. The molecule has 0 saturated heterocycles. The smallest absolute Gasteiger partial charge is 0.00388 e. The lowest BCUT2D eigenvalue weighted by molar-refractivity contribution is 0.704. The number of nitrogens with two attached hydrogens (primary N) is 2. The zero-order valence-corrected chi connectivity index (χ0v) is 5.56. The highest BCUT2D eigenvalue weighted by Gasteiger charge is 2.07. The summed E-state index contributed by atoms with van der Waals surface area (Å²) in [6, 6.07) is 0.546. The van der Waals surface area contributed by atoms with Crippen LogP contribution in [0.4, 0.5) is 0 Å². The third-order valence-corrected chi connectivity index (χ3v) is 1.40. The van der Waals surface area contributed by atoms with Crippen molar-refractivity contribution in [2.75, 3.05) is 7.05 Å². The summed E-state index contributed by atoms with van der Waals surface area (Å²) in [5.41, 5.74) is 10.0. The Bertz CT molecular complexity index is 39.8. The van der Waals surface area contributed by atoms with Crippen LogP contribution in [0.1, 0.15) is 25.7 Å². The third kappa shape index (κ3) is 2.99. The summed E-state index contributed by atoms with van der Waals surface area (Å²) in [5.74, 6) is 0. The number of hydrogen-bond donors (Lipinski definition) is 2. The molecule has 0 aromatic rings. The molecule has 1 aliphatic rings. The summed E-state index contributed by atoms with van der Waals surface area (Å²) in [4.78, 5) is 0. The lowest BCUT2D eigenvalue weighted by Gasteiger charge is -1.92. The average Bonchev–Trinajstić information content (AvgIpc) is 2.24. The number of hydrogen-bond acceptors (Lipinski definition) is 2. The Hall–Kier alpha value is -0.0800. The van der Waals surface area contributed by atoms with E-state index in [2.05, 4.69) is 5.73 Å². The Kier molecular flexibility index (Phi) is 5.01. The largest absolute Gasteiger partial charge is 0.333 e. The second-order valence-corrected chi connectivity index (χ2v) is 2.04. The van der Waals surface area contributed by atoms with Crippen LogP contribution in [-0.4, -0.2) is 13.1 Å². The zero-order valence-electron chi connectivity index (χ0n) is 5.56. The Morgan fingerprint density at radius 1 is 1.12 bits per heavy atom. The first-order valence-electron chi connectivity index (χ1n) is 3.23. The molecule has 50 valence electrons. The van der Waals surface area contributed by atoms with E-state index in [1.807, 2.05) is 0 Å². The van der Waals surface area contributed by atoms with Gasteiger partial charge >= 0.3 is 0 Å². The summed E-state index contributed by atoms with van der Waals surface area (Å²) in [6.45, 7) is 0. The normalized spacial score (nSPS) is 19.9. The van der Waals surface area contributed by atoms with Crippen LogP contribution in [0.15, 0.2) is 0 Å². The number of rotatable bonds is 0. The monoisotopic (exact) mass is 116 g/mol. The van der Waals surface area contributed by atoms with E-state index in [1.54, 1.807) is 0 Å². The van der Waals surface area contributed by atoms with Gasteiger partial charge in [-0.3, -0.25) is 0 Å². The minimum absolute atomic E-state index is 0.546. The van der Waals surface area contributed by atoms with Crippen molar-refractivity contribution in [1.82, 2.24) is 0 Å². The van der Waals surface area contributed by atoms with Gasteiger partial charge in [-0.15, -0.1) is 0 Å². The SMILES string of the molecule is CN.NC1CCCC1. The second kappa shape index (κ2) is 5.06. The Morgan fingerprint density at radius 3 is 1.62 bits per heavy atom. The standard InChI is InChI=1S/C5H11N.CH5N/c6-5-3-1-2-4-5;1-2/h5H,1-4,6H2;2H2,1H3. The average molecular weight is 116 g/mol. The fraction of sp³-hybridized carbons (Fsp3) is 1.00. The van der Waals surface area contributed by atoms with Gasteiger partial charge in [-0.1, -0.05) is 12.8 Å². The van der Waals surface area contributed by atoms with Crippen molar-refractivity contribution in [3.8, 4) is 0 Å². The van der Waals surface area contributed by atoms with Crippen LogP contribution < -0.4 is 11.5 Å². The molecular weight excluding hydrogens is 100 g/mol. The van der Waals surface area contributed by atoms with E-state index in [0.717, 1.165) is 0 Å². The summed E-state index contributed by atoms with van der Waals surface area (Å²) < 4.78 is 0. The van der Waals surface area contributed by atoms with E-state index in [4.69, 9.17) is 5.73 Å². The molecule has 0 radical (unpaired) electrons. The second-order valence-electron chi connectivity index (χ2n) is 2.04. The molecular formula is C6H16N2. The summed E-state index contributed by atoms with van der Waals surface area (Å²) in [5, 5.41) is 0. The molecule has 2 heteroatoms. The van der Waals surface area contributed by atoms with Crippen LogP contribution in [0.5, 0.6) is 0 Å². The molecule has 0 bridgehead atoms. The molecule has 1 fully saturated rings. The van der Waals surface area contributed by atoms with Gasteiger partial charge in [0.15, 0.2) is 0 Å². The van der Waals surface area contributed by atoms with Gasteiger partial charge in [-0.05, 0) is 19.9 Å². The van der Waals surface area contributed by atoms with E-state index < -0.39 is 0 Å². The van der Waals surface area contributed by atoms with E-state index in [9.17, 15) is 0 Å². The molecule has 0 aromatic heterocycles. The van der Waals surface area contributed by atoms with Gasteiger partial charge in [-0.2, -0.15) is 0 Å². The molecule has 0 spiro atoms. The zero-order chi connectivity index (χ0) is 6.41. The van der Waals surface area contributed by atoms with Crippen molar-refractivity contribution >= 4 is 0 Å². The van der Waals surface area contributed by atoms with Gasteiger partial charge in [-0.25, -0.2) is 0 Å². The van der Waals surface area contributed by atoms with Crippen LogP contribution in [0, 0.1) is 0 Å². The van der Waals surface area contributed by atoms with Gasteiger partial charge in [0.2, 0.25) is 0 Å². The fourth-order valence-corrected chi connectivity index (χ4v) is 0.957. The molecule has 0 atom stereocenters. The van der Waals surface area contributed by atoms with Crippen molar-refractivity contribution < 1.29 is 0 Å². The van der Waals surface area contributed by atoms with Gasteiger partial charge in [0.1, 0.15) is 0 Å². The predicted octanol–water partition coefficient (Wildman–Crippen LogP) is 0.463. The Labute approximate surface area is 51.2 Å². The van der Waals surface area contributed by atoms with Crippen molar-refractivity contribution in [3.63, 3.8) is 0 Å². The van der Waals surface area contributed by atoms with Crippen molar-refractivity contribution in [1.29, 1.82) is 0 Å². The molecule has 1 aliphatic carbocycles. The first-order valence-corrected chi connectivity index (χ1v) is 3.23. The van der Waals surface area contributed by atoms with E-state index in [1.165, 1.54) is 32.7 Å². The first kappa shape index (κ1) is 7.92. The van der Waals surface area contributed by atoms with Crippen molar-refractivity contribution in [2.24, 2.45) is 11.5 Å². The van der Waals surface area contributed by atoms with Gasteiger partial charge in [0.25, 0.3) is 0 Å². The molecule has 1 rings (SSSR count). The fourth-order valence-electron chi connectivity index (χ4n) is 0.957. The van der Waals surface area contributed by atoms with Crippen molar-refractivity contribution in [2.45, 2.75) is 31.7 Å². The summed E-state index contributed by atoms with van der Waals surface area (Å²) in [7, 11) is 1.50. The molecule has 0 aromatic carbocycles. The quantitative estimate of drug-likeness (QED) is 0.483. The van der Waals surface area contributed by atoms with Crippen LogP contribution in [0.3, 0.4) is 0 Å². The molecule has 8 heavy (non-hydrogen) atoms. The highest BCUT2D eigenvalue weighted by molar-refractivity contribution is 4.67. The van der Waals surface area contributed by atoms with Crippen LogP contribution in [0.25, 0.3) is 0 Å². The minimum Gasteiger partial charge on any atom is -0.333 e. The summed E-state index contributed by atoms with van der Waals surface area (Å²) >= 11 is 0. The van der Waals surface area contributed by atoms with E-state index in [0.29, 0.717) is 6.04 Å². The van der Waals surface area contributed by atoms with Gasteiger partial charge in [0, 0.05) is 6.04 Å². The molecule has 4 N–H and O–H groups in total.